The topological polar surface area (TPSA) is 37.2 Å². The van der Waals surface area contributed by atoms with Gasteiger partial charge in [-0.2, -0.15) is 7.11 Å². The molecule has 8 heavy (non-hydrogen) atoms. The molecule has 0 spiro atoms. The monoisotopic (exact) mass is 111 g/mol. The Bertz CT molecular complexity index is 80.5. The molecule has 1 heterocycles. The largest absolute Gasteiger partial charge is 0.857 e. The number of nitrogens with one attached hydrogen (secondary N) is 1. The van der Waals surface area contributed by atoms with E-state index in [9.17, 15) is 0 Å². The second-order valence-electron chi connectivity index (χ2n) is 1.08. The van der Waals surface area contributed by atoms with Gasteiger partial charge in [-0.15, -0.1) is 0 Å². The van der Waals surface area contributed by atoms with E-state index in [4.69, 9.17) is 5.11 Å². The molecule has 0 atom stereocenters. The third kappa shape index (κ3) is 3.31. The van der Waals surface area contributed by atoms with Crippen LogP contribution in [0.15, 0.2) is 30.6 Å². The number of H-pyrrole nitrogens is 1. The van der Waals surface area contributed by atoms with Crippen LogP contribution in [0.3, 0.4) is 0 Å². The molecule has 0 aliphatic rings. The van der Waals surface area contributed by atoms with Gasteiger partial charge in [0, 0.05) is 12.1 Å². The number of hydrogen-bond acceptors (Lipinski definition) is 1. The lowest BCUT2D eigenvalue weighted by Gasteiger charge is -1.63. The van der Waals surface area contributed by atoms with Crippen LogP contribution in [0.2, 0.25) is 0 Å². The van der Waals surface area contributed by atoms with E-state index in [2.05, 4.69) is 4.98 Å². The first-order chi connectivity index (χ1) is 4.00. The highest BCUT2D eigenvalue weighted by atomic mass is 16.2. The summed E-state index contributed by atoms with van der Waals surface area (Å²) in [6.45, 7) is 0. The van der Waals surface area contributed by atoms with Crippen LogP contribution in [0.5, 0.6) is 0 Å². The van der Waals surface area contributed by atoms with Gasteiger partial charge in [-0.05, 0) is 0 Å². The molecule has 0 amide bonds. The molecular weight excluding hydrogens is 102 g/mol. The maximum Gasteiger partial charge on any atom is 0.166 e. The lowest BCUT2D eigenvalue weighted by molar-refractivity contribution is -0.377. The maximum absolute atomic E-state index is 8.25. The Kier molecular flexibility index (Phi) is 5.43. The van der Waals surface area contributed by atoms with Gasteiger partial charge in [0.2, 0.25) is 0 Å². The second-order valence-corrected chi connectivity index (χ2v) is 1.08. The minimum Gasteiger partial charge on any atom is -0.857 e. The summed E-state index contributed by atoms with van der Waals surface area (Å²) in [5.41, 5.74) is 0. The van der Waals surface area contributed by atoms with Gasteiger partial charge in [-0.3, -0.25) is 0 Å². The Hall–Kier alpha value is -0.890. The van der Waals surface area contributed by atoms with Crippen molar-refractivity contribution in [1.82, 2.24) is 0 Å². The molecule has 1 rings (SSSR count). The summed E-state index contributed by atoms with van der Waals surface area (Å²) in [6.07, 6.45) is 3.75. The molecule has 2 nitrogen and oxygen atoms in total. The third-order valence-electron chi connectivity index (χ3n) is 0.607. The first-order valence-electron chi connectivity index (χ1n) is 2.32. The molecular formula is C6H9NO. The number of hydrogen-bond donors (Lipinski definition) is 0. The van der Waals surface area contributed by atoms with Crippen molar-refractivity contribution in [2.45, 2.75) is 0 Å². The Morgan fingerprint density at radius 1 is 1.00 bits per heavy atom. The summed E-state index contributed by atoms with van der Waals surface area (Å²) in [4.78, 5) is 2.89. The lowest BCUT2D eigenvalue weighted by atomic mass is 10.5. The molecule has 0 fully saturated rings. The summed E-state index contributed by atoms with van der Waals surface area (Å²) in [5.74, 6) is 0. The average Bonchev–Trinajstić information content (AvgIpc) is 1.96. The highest BCUT2D eigenvalue weighted by molar-refractivity contribution is 4.82. The minimum atomic E-state index is 0.750. The molecule has 1 aromatic heterocycles. The van der Waals surface area contributed by atoms with Gasteiger partial charge in [-0.1, -0.05) is 6.07 Å². The molecule has 1 aromatic rings. The summed E-state index contributed by atoms with van der Waals surface area (Å²) in [6, 6.07) is 5.86. The molecule has 44 valence electrons. The molecule has 0 aromatic carbocycles. The minimum absolute atomic E-state index is 0.750. The fraction of sp³-hybridized carbons (Fsp3) is 0.167. The van der Waals surface area contributed by atoms with Crippen molar-refractivity contribution in [3.63, 3.8) is 0 Å². The van der Waals surface area contributed by atoms with Gasteiger partial charge in [0.25, 0.3) is 0 Å². The first kappa shape index (κ1) is 7.11. The normalized spacial score (nSPS) is 6.75. The van der Waals surface area contributed by atoms with Gasteiger partial charge >= 0.3 is 0 Å². The summed E-state index contributed by atoms with van der Waals surface area (Å²) in [5, 5.41) is 8.25. The molecule has 0 saturated carbocycles. The Balaban J connectivity index is 0.000000222. The van der Waals surface area contributed by atoms with E-state index in [0.29, 0.717) is 0 Å². The van der Waals surface area contributed by atoms with Crippen LogP contribution < -0.4 is 10.1 Å². The predicted molar refractivity (Wildman–Crippen MR) is 28.9 cm³/mol. The van der Waals surface area contributed by atoms with E-state index in [-0.39, 0.29) is 0 Å². The zero-order valence-electron chi connectivity index (χ0n) is 4.79. The number of aromatic amines is 1. The molecule has 0 bridgehead atoms. The zero-order valence-corrected chi connectivity index (χ0v) is 4.79. The van der Waals surface area contributed by atoms with Gasteiger partial charge in [-0.25, -0.2) is 4.98 Å². The third-order valence-corrected chi connectivity index (χ3v) is 0.607. The van der Waals surface area contributed by atoms with Crippen molar-refractivity contribution in [2.24, 2.45) is 0 Å². The maximum atomic E-state index is 8.25. The molecule has 1 N–H and O–H groups in total. The van der Waals surface area contributed by atoms with E-state index >= 15 is 0 Å². The van der Waals surface area contributed by atoms with Gasteiger partial charge in [0.1, 0.15) is 0 Å². The SMILES string of the molecule is C[O-].c1cc[nH+]cc1. The quantitative estimate of drug-likeness (QED) is 0.443. The predicted octanol–water partition coefficient (Wildman–Crippen LogP) is -0.523. The molecule has 2 heteroatoms. The molecule has 0 radical (unpaired) electrons. The van der Waals surface area contributed by atoms with Gasteiger partial charge in [0.05, 0.1) is 0 Å². The second kappa shape index (κ2) is 6.11. The number of rotatable bonds is 0. The van der Waals surface area contributed by atoms with Crippen molar-refractivity contribution in [3.8, 4) is 0 Å². The fourth-order valence-corrected chi connectivity index (χ4v) is 0.342. The van der Waals surface area contributed by atoms with E-state index in [1.165, 1.54) is 0 Å². The molecule has 0 aliphatic carbocycles. The molecule has 0 aliphatic heterocycles. The Morgan fingerprint density at radius 3 is 1.62 bits per heavy atom. The van der Waals surface area contributed by atoms with E-state index < -0.39 is 0 Å². The summed E-state index contributed by atoms with van der Waals surface area (Å²) >= 11 is 0. The standard InChI is InChI=1S/C5H5N.CH3O/c1-2-4-6-5-3-1;1-2/h1-5H;1H3/q;-1/p+1. The lowest BCUT2D eigenvalue weighted by Crippen LogP contribution is -1.93. The highest BCUT2D eigenvalue weighted by Crippen LogP contribution is 1.68. The van der Waals surface area contributed by atoms with Crippen molar-refractivity contribution in [2.75, 3.05) is 7.11 Å². The van der Waals surface area contributed by atoms with Crippen molar-refractivity contribution < 1.29 is 10.1 Å². The highest BCUT2D eigenvalue weighted by Gasteiger charge is 1.65. The van der Waals surface area contributed by atoms with Crippen LogP contribution in [0.4, 0.5) is 0 Å². The van der Waals surface area contributed by atoms with Crippen LogP contribution >= 0.6 is 0 Å². The fourth-order valence-electron chi connectivity index (χ4n) is 0.342. The Morgan fingerprint density at radius 2 is 1.50 bits per heavy atom. The van der Waals surface area contributed by atoms with E-state index in [0.717, 1.165) is 7.11 Å². The van der Waals surface area contributed by atoms with Crippen LogP contribution in [-0.2, 0) is 0 Å². The van der Waals surface area contributed by atoms with E-state index in [1.54, 1.807) is 0 Å². The van der Waals surface area contributed by atoms with Gasteiger partial charge in [0.15, 0.2) is 12.4 Å². The van der Waals surface area contributed by atoms with E-state index in [1.807, 2.05) is 30.6 Å². The average molecular weight is 111 g/mol. The summed E-state index contributed by atoms with van der Waals surface area (Å²) < 4.78 is 0. The smallest absolute Gasteiger partial charge is 0.166 e. The van der Waals surface area contributed by atoms with Crippen LogP contribution in [0, 0.1) is 0 Å². The Labute approximate surface area is 48.8 Å². The van der Waals surface area contributed by atoms with Crippen molar-refractivity contribution >= 4 is 0 Å². The zero-order chi connectivity index (χ0) is 6.24. The van der Waals surface area contributed by atoms with Gasteiger partial charge < -0.3 is 5.11 Å². The van der Waals surface area contributed by atoms with Crippen molar-refractivity contribution in [3.05, 3.63) is 30.6 Å². The first-order valence-corrected chi connectivity index (χ1v) is 2.32. The van der Waals surface area contributed by atoms with Crippen LogP contribution in [0.1, 0.15) is 0 Å². The van der Waals surface area contributed by atoms with Crippen LogP contribution in [0.25, 0.3) is 0 Å². The molecule has 0 unspecified atom stereocenters. The molecule has 0 saturated heterocycles. The summed E-state index contributed by atoms with van der Waals surface area (Å²) in [7, 11) is 0.750. The number of pyridine rings is 1. The van der Waals surface area contributed by atoms with Crippen LogP contribution in [-0.4, -0.2) is 7.11 Å². The van der Waals surface area contributed by atoms with Crippen molar-refractivity contribution in [1.29, 1.82) is 0 Å². The number of aromatic nitrogens is 1.